The Bertz CT molecular complexity index is 253. The van der Waals surface area contributed by atoms with Crippen molar-refractivity contribution in [2.45, 2.75) is 20.0 Å². The summed E-state index contributed by atoms with van der Waals surface area (Å²) in [4.78, 5) is 26.1. The second-order valence-corrected chi connectivity index (χ2v) is 4.06. The van der Waals surface area contributed by atoms with Gasteiger partial charge in [-0.1, -0.05) is 0 Å². The molecule has 0 radical (unpaired) electrons. The van der Waals surface area contributed by atoms with Crippen LogP contribution >= 0.6 is 0 Å². The minimum atomic E-state index is -0.262. The van der Waals surface area contributed by atoms with Crippen LogP contribution in [0.3, 0.4) is 0 Å². The molecule has 5 nitrogen and oxygen atoms in total. The van der Waals surface area contributed by atoms with Crippen molar-refractivity contribution in [3.63, 3.8) is 0 Å². The number of carbonyl (C=O) groups is 2. The Morgan fingerprint density at radius 2 is 2.13 bits per heavy atom. The van der Waals surface area contributed by atoms with Crippen molar-refractivity contribution in [2.75, 3.05) is 33.2 Å². The van der Waals surface area contributed by atoms with E-state index in [2.05, 4.69) is 0 Å². The van der Waals surface area contributed by atoms with Crippen LogP contribution in [0.5, 0.6) is 0 Å². The van der Waals surface area contributed by atoms with E-state index in [-0.39, 0.29) is 24.5 Å². The summed E-state index contributed by atoms with van der Waals surface area (Å²) in [6, 6.07) is 0. The quantitative estimate of drug-likeness (QED) is 0.606. The molecule has 5 heteroatoms. The van der Waals surface area contributed by atoms with Crippen LogP contribution < -0.4 is 0 Å². The lowest BCUT2D eigenvalue weighted by Gasteiger charge is -2.31. The summed E-state index contributed by atoms with van der Waals surface area (Å²) in [5, 5.41) is 0. The largest absolute Gasteiger partial charge is 0.462 e. The Morgan fingerprint density at radius 1 is 1.47 bits per heavy atom. The molecular formula is C10H18N2O3. The first kappa shape index (κ1) is 12.0. The molecule has 0 atom stereocenters. The van der Waals surface area contributed by atoms with Gasteiger partial charge in [0.1, 0.15) is 0 Å². The highest BCUT2D eigenvalue weighted by molar-refractivity contribution is 5.80. The van der Waals surface area contributed by atoms with Gasteiger partial charge in [-0.15, -0.1) is 0 Å². The molecule has 0 spiro atoms. The number of rotatable bonds is 3. The van der Waals surface area contributed by atoms with E-state index in [1.807, 2.05) is 18.7 Å². The van der Waals surface area contributed by atoms with Crippen LogP contribution in [0.4, 0.5) is 0 Å². The lowest BCUT2D eigenvalue weighted by atomic mass is 10.3. The predicted molar refractivity (Wildman–Crippen MR) is 55.3 cm³/mol. The number of carbonyl (C=O) groups excluding carboxylic acids is 2. The van der Waals surface area contributed by atoms with Crippen molar-refractivity contribution in [3.05, 3.63) is 0 Å². The van der Waals surface area contributed by atoms with Crippen LogP contribution in [0, 0.1) is 0 Å². The topological polar surface area (TPSA) is 49.9 Å². The van der Waals surface area contributed by atoms with Gasteiger partial charge < -0.3 is 9.64 Å². The normalized spacial score (nSPS) is 18.4. The summed E-state index contributed by atoms with van der Waals surface area (Å²) in [5.41, 5.74) is 0. The van der Waals surface area contributed by atoms with Crippen molar-refractivity contribution in [1.82, 2.24) is 9.80 Å². The Balaban J connectivity index is 2.33. The second-order valence-electron chi connectivity index (χ2n) is 4.06. The molecule has 1 amide bonds. The van der Waals surface area contributed by atoms with Gasteiger partial charge in [-0.2, -0.15) is 0 Å². The number of nitrogens with zero attached hydrogens (tertiary/aromatic N) is 2. The highest BCUT2D eigenvalue weighted by Crippen LogP contribution is 2.01. The van der Waals surface area contributed by atoms with E-state index < -0.39 is 0 Å². The summed E-state index contributed by atoms with van der Waals surface area (Å²) in [6.07, 6.45) is -0.0966. The Kier molecular flexibility index (Phi) is 4.08. The maximum absolute atomic E-state index is 11.3. The second kappa shape index (κ2) is 5.11. The van der Waals surface area contributed by atoms with Gasteiger partial charge in [-0.05, 0) is 13.8 Å². The standard InChI is InChI=1S/C10H18N2O3/c1-8(2)15-10(14)7-12-5-4-11(3)9(13)6-12/h8H,4-7H2,1-3H3. The minimum Gasteiger partial charge on any atom is -0.462 e. The van der Waals surface area contributed by atoms with Crippen molar-refractivity contribution in [1.29, 1.82) is 0 Å². The molecule has 0 unspecified atom stereocenters. The first-order valence-corrected chi connectivity index (χ1v) is 5.15. The van der Waals surface area contributed by atoms with Crippen LogP contribution in [0.1, 0.15) is 13.8 Å². The third kappa shape index (κ3) is 3.87. The predicted octanol–water partition coefficient (Wildman–Crippen LogP) is -0.288. The molecule has 0 aliphatic carbocycles. The summed E-state index contributed by atoms with van der Waals surface area (Å²) in [7, 11) is 1.77. The van der Waals surface area contributed by atoms with Crippen molar-refractivity contribution in [3.8, 4) is 0 Å². The molecule has 0 aromatic carbocycles. The van der Waals surface area contributed by atoms with Gasteiger partial charge in [0.25, 0.3) is 0 Å². The smallest absolute Gasteiger partial charge is 0.320 e. The number of hydrogen-bond donors (Lipinski definition) is 0. The number of amides is 1. The van der Waals surface area contributed by atoms with Gasteiger partial charge in [0, 0.05) is 20.1 Å². The number of hydrogen-bond acceptors (Lipinski definition) is 4. The lowest BCUT2D eigenvalue weighted by Crippen LogP contribution is -2.50. The fourth-order valence-corrected chi connectivity index (χ4v) is 1.42. The van der Waals surface area contributed by atoms with Crippen molar-refractivity contribution >= 4 is 11.9 Å². The maximum atomic E-state index is 11.3. The van der Waals surface area contributed by atoms with Crippen LogP contribution in [0.15, 0.2) is 0 Å². The molecule has 15 heavy (non-hydrogen) atoms. The van der Waals surface area contributed by atoms with E-state index in [0.29, 0.717) is 13.1 Å². The maximum Gasteiger partial charge on any atom is 0.320 e. The minimum absolute atomic E-state index is 0.0543. The highest BCUT2D eigenvalue weighted by atomic mass is 16.5. The van der Waals surface area contributed by atoms with Gasteiger partial charge in [0.15, 0.2) is 0 Å². The van der Waals surface area contributed by atoms with Crippen LogP contribution in [0.2, 0.25) is 0 Å². The molecule has 1 saturated heterocycles. The lowest BCUT2D eigenvalue weighted by molar-refractivity contribution is -0.150. The molecule has 1 heterocycles. The van der Waals surface area contributed by atoms with Crippen LogP contribution in [-0.4, -0.2) is 61.0 Å². The molecule has 0 N–H and O–H groups in total. The molecule has 0 saturated carbocycles. The van der Waals surface area contributed by atoms with E-state index in [1.165, 1.54) is 0 Å². The molecule has 1 rings (SSSR count). The average Bonchev–Trinajstić information content (AvgIpc) is 2.10. The Morgan fingerprint density at radius 3 is 2.67 bits per heavy atom. The van der Waals surface area contributed by atoms with Gasteiger partial charge in [0.05, 0.1) is 19.2 Å². The molecule has 0 aromatic heterocycles. The summed E-state index contributed by atoms with van der Waals surface area (Å²) >= 11 is 0. The number of piperazine rings is 1. The Hall–Kier alpha value is -1.10. The van der Waals surface area contributed by atoms with Crippen molar-refractivity contribution in [2.24, 2.45) is 0 Å². The van der Waals surface area contributed by atoms with Gasteiger partial charge >= 0.3 is 5.97 Å². The molecule has 1 fully saturated rings. The van der Waals surface area contributed by atoms with Gasteiger partial charge in [-0.25, -0.2) is 0 Å². The molecule has 1 aliphatic rings. The van der Waals surface area contributed by atoms with Crippen molar-refractivity contribution < 1.29 is 14.3 Å². The monoisotopic (exact) mass is 214 g/mol. The zero-order valence-corrected chi connectivity index (χ0v) is 9.52. The van der Waals surface area contributed by atoms with Crippen LogP contribution in [-0.2, 0) is 14.3 Å². The third-order valence-corrected chi connectivity index (χ3v) is 2.26. The van der Waals surface area contributed by atoms with E-state index in [9.17, 15) is 9.59 Å². The zero-order chi connectivity index (χ0) is 11.4. The van der Waals surface area contributed by atoms with Crippen LogP contribution in [0.25, 0.3) is 0 Å². The van der Waals surface area contributed by atoms with Gasteiger partial charge in [-0.3, -0.25) is 14.5 Å². The Labute approximate surface area is 90.0 Å². The highest BCUT2D eigenvalue weighted by Gasteiger charge is 2.23. The molecule has 0 aromatic rings. The average molecular weight is 214 g/mol. The first-order chi connectivity index (χ1) is 6.99. The number of likely N-dealkylation sites (N-methyl/N-ethyl adjacent to an activating group) is 1. The van der Waals surface area contributed by atoms with E-state index in [1.54, 1.807) is 11.9 Å². The first-order valence-electron chi connectivity index (χ1n) is 5.15. The number of ether oxygens (including phenoxy) is 1. The van der Waals surface area contributed by atoms with E-state index in [0.717, 1.165) is 6.54 Å². The summed E-state index contributed by atoms with van der Waals surface area (Å²) in [6.45, 7) is 5.55. The fourth-order valence-electron chi connectivity index (χ4n) is 1.42. The molecule has 0 bridgehead atoms. The third-order valence-electron chi connectivity index (χ3n) is 2.26. The SMILES string of the molecule is CC(C)OC(=O)CN1CCN(C)C(=O)C1. The molecular weight excluding hydrogens is 196 g/mol. The summed E-state index contributed by atoms with van der Waals surface area (Å²) in [5.74, 6) is -0.207. The fraction of sp³-hybridized carbons (Fsp3) is 0.800. The molecule has 86 valence electrons. The zero-order valence-electron chi connectivity index (χ0n) is 9.52. The van der Waals surface area contributed by atoms with E-state index >= 15 is 0 Å². The number of esters is 1. The van der Waals surface area contributed by atoms with E-state index in [4.69, 9.17) is 4.74 Å². The summed E-state index contributed by atoms with van der Waals surface area (Å²) < 4.78 is 5.01. The molecule has 1 aliphatic heterocycles. The van der Waals surface area contributed by atoms with Gasteiger partial charge in [0.2, 0.25) is 5.91 Å².